The Morgan fingerprint density at radius 1 is 1.12 bits per heavy atom. The Balaban J connectivity index is 1.91. The topological polar surface area (TPSA) is 12.5 Å². The van der Waals surface area contributed by atoms with Gasteiger partial charge in [-0.2, -0.15) is 0 Å². The highest BCUT2D eigenvalue weighted by molar-refractivity contribution is 5.56. The minimum atomic E-state index is 1.03. The summed E-state index contributed by atoms with van der Waals surface area (Å²) in [5, 5.41) is 0. The molecule has 1 aromatic carbocycles. The molecule has 0 aromatic heterocycles. The molecule has 2 heterocycles. The number of allylic oxidation sites excluding steroid dienone is 2. The van der Waals surface area contributed by atoms with Gasteiger partial charge in [0.15, 0.2) is 0 Å². The summed E-state index contributed by atoms with van der Waals surface area (Å²) in [6, 6.07) is 6.66. The number of anilines is 1. The van der Waals surface area contributed by atoms with Crippen LogP contribution in [0.25, 0.3) is 0 Å². The molecular formula is C15H19NO. The van der Waals surface area contributed by atoms with Gasteiger partial charge in [-0.3, -0.25) is 0 Å². The van der Waals surface area contributed by atoms with Crippen molar-refractivity contribution in [3.8, 4) is 5.75 Å². The van der Waals surface area contributed by atoms with Crippen LogP contribution in [-0.4, -0.2) is 13.1 Å². The number of nitrogens with zero attached hydrogens (tertiary/aromatic N) is 1. The molecule has 0 N–H and O–H groups in total. The fourth-order valence-electron chi connectivity index (χ4n) is 2.62. The molecule has 0 bridgehead atoms. The van der Waals surface area contributed by atoms with Gasteiger partial charge in [0.2, 0.25) is 0 Å². The molecule has 0 unspecified atom stereocenters. The molecule has 2 nitrogen and oxygen atoms in total. The van der Waals surface area contributed by atoms with Crippen LogP contribution in [0.5, 0.6) is 5.75 Å². The molecule has 1 fully saturated rings. The smallest absolute Gasteiger partial charge is 0.132 e. The van der Waals surface area contributed by atoms with E-state index in [1.54, 1.807) is 0 Å². The van der Waals surface area contributed by atoms with E-state index in [0.29, 0.717) is 0 Å². The van der Waals surface area contributed by atoms with Gasteiger partial charge in [0.1, 0.15) is 11.5 Å². The SMILES string of the molecule is CC1=C(C)Oc2cc(N3CCCC3)ccc2C1. The van der Waals surface area contributed by atoms with Crippen molar-refractivity contribution < 1.29 is 4.74 Å². The van der Waals surface area contributed by atoms with Gasteiger partial charge in [0, 0.05) is 31.3 Å². The second kappa shape index (κ2) is 4.10. The van der Waals surface area contributed by atoms with E-state index in [4.69, 9.17) is 4.74 Å². The van der Waals surface area contributed by atoms with Crippen molar-refractivity contribution in [2.24, 2.45) is 0 Å². The molecule has 0 saturated carbocycles. The Hall–Kier alpha value is -1.44. The molecule has 2 aliphatic rings. The van der Waals surface area contributed by atoms with Crippen LogP contribution in [0.1, 0.15) is 32.3 Å². The molecule has 2 heteroatoms. The number of hydrogen-bond donors (Lipinski definition) is 0. The molecule has 0 radical (unpaired) electrons. The summed E-state index contributed by atoms with van der Waals surface area (Å²) >= 11 is 0. The molecule has 0 spiro atoms. The fraction of sp³-hybridized carbons (Fsp3) is 0.467. The summed E-state index contributed by atoms with van der Waals surface area (Å²) in [6.07, 6.45) is 3.66. The summed E-state index contributed by atoms with van der Waals surface area (Å²) in [6.45, 7) is 6.58. The molecule has 3 rings (SSSR count). The maximum Gasteiger partial charge on any atom is 0.132 e. The lowest BCUT2D eigenvalue weighted by Gasteiger charge is -2.23. The van der Waals surface area contributed by atoms with Gasteiger partial charge in [-0.15, -0.1) is 0 Å². The molecule has 2 aliphatic heterocycles. The monoisotopic (exact) mass is 229 g/mol. The lowest BCUT2D eigenvalue weighted by Crippen LogP contribution is -2.18. The van der Waals surface area contributed by atoms with Crippen molar-refractivity contribution in [2.75, 3.05) is 18.0 Å². The fourth-order valence-corrected chi connectivity index (χ4v) is 2.62. The number of fused-ring (bicyclic) bond motifs is 1. The molecule has 17 heavy (non-hydrogen) atoms. The van der Waals surface area contributed by atoms with Crippen molar-refractivity contribution in [2.45, 2.75) is 33.1 Å². The Kier molecular flexibility index (Phi) is 2.58. The quantitative estimate of drug-likeness (QED) is 0.730. The lowest BCUT2D eigenvalue weighted by atomic mass is 10.0. The van der Waals surface area contributed by atoms with Crippen molar-refractivity contribution in [3.05, 3.63) is 35.1 Å². The van der Waals surface area contributed by atoms with Crippen LogP contribution in [0.4, 0.5) is 5.69 Å². The minimum Gasteiger partial charge on any atom is -0.462 e. The second-order valence-electron chi connectivity index (χ2n) is 5.10. The van der Waals surface area contributed by atoms with E-state index in [-0.39, 0.29) is 0 Å². The third-order valence-electron chi connectivity index (χ3n) is 3.84. The first-order valence-electron chi connectivity index (χ1n) is 6.46. The van der Waals surface area contributed by atoms with E-state index in [9.17, 15) is 0 Å². The van der Waals surface area contributed by atoms with Crippen LogP contribution >= 0.6 is 0 Å². The van der Waals surface area contributed by atoms with Crippen molar-refractivity contribution in [1.82, 2.24) is 0 Å². The van der Waals surface area contributed by atoms with Crippen LogP contribution < -0.4 is 9.64 Å². The van der Waals surface area contributed by atoms with Gasteiger partial charge >= 0.3 is 0 Å². The van der Waals surface area contributed by atoms with E-state index in [0.717, 1.165) is 17.9 Å². The predicted molar refractivity (Wildman–Crippen MR) is 70.6 cm³/mol. The zero-order valence-corrected chi connectivity index (χ0v) is 10.6. The van der Waals surface area contributed by atoms with Gasteiger partial charge in [0.05, 0.1) is 0 Å². The average molecular weight is 229 g/mol. The van der Waals surface area contributed by atoms with Crippen LogP contribution in [0.15, 0.2) is 29.5 Å². The third kappa shape index (κ3) is 1.92. The van der Waals surface area contributed by atoms with Gasteiger partial charge in [-0.25, -0.2) is 0 Å². The van der Waals surface area contributed by atoms with E-state index < -0.39 is 0 Å². The Morgan fingerprint density at radius 3 is 2.65 bits per heavy atom. The van der Waals surface area contributed by atoms with E-state index >= 15 is 0 Å². The summed E-state index contributed by atoms with van der Waals surface area (Å²) in [5.74, 6) is 2.12. The van der Waals surface area contributed by atoms with Gasteiger partial charge in [-0.1, -0.05) is 6.07 Å². The van der Waals surface area contributed by atoms with Crippen LogP contribution in [-0.2, 0) is 6.42 Å². The summed E-state index contributed by atoms with van der Waals surface area (Å²) < 4.78 is 5.90. The number of ether oxygens (including phenoxy) is 1. The Morgan fingerprint density at radius 2 is 1.88 bits per heavy atom. The van der Waals surface area contributed by atoms with E-state index in [1.165, 1.54) is 42.8 Å². The zero-order valence-electron chi connectivity index (χ0n) is 10.6. The first-order valence-corrected chi connectivity index (χ1v) is 6.46. The summed E-state index contributed by atoms with van der Waals surface area (Å²) in [5.41, 5.74) is 3.97. The molecule has 1 saturated heterocycles. The normalized spacial score (nSPS) is 19.3. The summed E-state index contributed by atoms with van der Waals surface area (Å²) in [4.78, 5) is 2.45. The van der Waals surface area contributed by atoms with Gasteiger partial charge < -0.3 is 9.64 Å². The third-order valence-corrected chi connectivity index (χ3v) is 3.84. The maximum atomic E-state index is 5.90. The number of hydrogen-bond acceptors (Lipinski definition) is 2. The number of rotatable bonds is 1. The van der Waals surface area contributed by atoms with E-state index in [1.807, 2.05) is 0 Å². The lowest BCUT2D eigenvalue weighted by molar-refractivity contribution is 0.404. The average Bonchev–Trinajstić information content (AvgIpc) is 2.83. The Bertz CT molecular complexity index is 470. The predicted octanol–water partition coefficient (Wildman–Crippen LogP) is 3.52. The largest absolute Gasteiger partial charge is 0.462 e. The molecule has 1 aromatic rings. The Labute approximate surface area is 103 Å². The van der Waals surface area contributed by atoms with Crippen molar-refractivity contribution in [3.63, 3.8) is 0 Å². The van der Waals surface area contributed by atoms with Crippen LogP contribution in [0.2, 0.25) is 0 Å². The van der Waals surface area contributed by atoms with Gasteiger partial charge in [0.25, 0.3) is 0 Å². The minimum absolute atomic E-state index is 1.03. The molecule has 0 atom stereocenters. The molecule has 0 aliphatic carbocycles. The highest BCUT2D eigenvalue weighted by atomic mass is 16.5. The highest BCUT2D eigenvalue weighted by Gasteiger charge is 2.18. The molecule has 0 amide bonds. The highest BCUT2D eigenvalue weighted by Crippen LogP contribution is 2.34. The van der Waals surface area contributed by atoms with Gasteiger partial charge in [-0.05, 0) is 43.9 Å². The standard InChI is InChI=1S/C15H19NO/c1-11-9-13-5-6-14(16-7-3-4-8-16)10-15(13)17-12(11)2/h5-6,10H,3-4,7-9H2,1-2H3. The maximum absolute atomic E-state index is 5.90. The summed E-state index contributed by atoms with van der Waals surface area (Å²) in [7, 11) is 0. The zero-order chi connectivity index (χ0) is 11.8. The molecular weight excluding hydrogens is 210 g/mol. The number of benzene rings is 1. The van der Waals surface area contributed by atoms with E-state index in [2.05, 4.69) is 36.9 Å². The van der Waals surface area contributed by atoms with Crippen LogP contribution in [0, 0.1) is 0 Å². The second-order valence-corrected chi connectivity index (χ2v) is 5.10. The van der Waals surface area contributed by atoms with Crippen LogP contribution in [0.3, 0.4) is 0 Å². The first kappa shape index (κ1) is 10.7. The van der Waals surface area contributed by atoms with Crippen molar-refractivity contribution in [1.29, 1.82) is 0 Å². The first-order chi connectivity index (χ1) is 8.24. The molecule has 90 valence electrons. The van der Waals surface area contributed by atoms with Crippen molar-refractivity contribution >= 4 is 5.69 Å².